The first-order chi connectivity index (χ1) is 8.96. The summed E-state index contributed by atoms with van der Waals surface area (Å²) in [6.45, 7) is 2.00. The maximum absolute atomic E-state index is 12.3. The molecule has 0 amide bonds. The first-order valence-electron chi connectivity index (χ1n) is 6.51. The van der Waals surface area contributed by atoms with Crippen LogP contribution >= 0.6 is 0 Å². The summed E-state index contributed by atoms with van der Waals surface area (Å²) in [5.41, 5.74) is 1.17. The summed E-state index contributed by atoms with van der Waals surface area (Å²) < 4.78 is 42.6. The summed E-state index contributed by atoms with van der Waals surface area (Å²) in [4.78, 5) is 1.40. The zero-order chi connectivity index (χ0) is 13.9. The van der Waals surface area contributed by atoms with Crippen LogP contribution in [0.3, 0.4) is 0 Å². The van der Waals surface area contributed by atoms with Crippen molar-refractivity contribution in [2.24, 2.45) is 0 Å². The van der Waals surface area contributed by atoms with E-state index in [9.17, 15) is 13.2 Å². The number of halogens is 3. The Kier molecular flexibility index (Phi) is 4.34. The Morgan fingerprint density at radius 2 is 2.16 bits per heavy atom. The Balaban J connectivity index is 1.87. The highest BCUT2D eigenvalue weighted by molar-refractivity contribution is 5.28. The molecule has 1 aromatic rings. The molecule has 0 radical (unpaired) electrons. The molecule has 2 rings (SSSR count). The van der Waals surface area contributed by atoms with Crippen LogP contribution in [0.5, 0.6) is 5.75 Å². The van der Waals surface area contributed by atoms with Gasteiger partial charge in [0.2, 0.25) is 0 Å². The minimum absolute atomic E-state index is 0.144. The molecule has 1 fully saturated rings. The van der Waals surface area contributed by atoms with Gasteiger partial charge in [0.05, 0.1) is 6.54 Å². The normalized spacial score (nSPS) is 20.7. The Hall–Kier alpha value is -1.23. The van der Waals surface area contributed by atoms with Crippen molar-refractivity contribution in [1.29, 1.82) is 0 Å². The standard InChI is InChI=1S/C14H18F3NO/c1-2-11-4-3-5-12(8-11)19-13-6-7-18(9-13)10-14(15,16)17/h3-5,8,13H,2,6-7,9-10H2,1H3. The van der Waals surface area contributed by atoms with Crippen LogP contribution in [0.25, 0.3) is 0 Å². The van der Waals surface area contributed by atoms with E-state index in [4.69, 9.17) is 4.74 Å². The Morgan fingerprint density at radius 1 is 1.37 bits per heavy atom. The molecule has 0 N–H and O–H groups in total. The third-order valence-corrected chi connectivity index (χ3v) is 3.24. The van der Waals surface area contributed by atoms with E-state index in [-0.39, 0.29) is 6.10 Å². The minimum Gasteiger partial charge on any atom is -0.489 e. The lowest BCUT2D eigenvalue weighted by molar-refractivity contribution is -0.144. The van der Waals surface area contributed by atoms with Gasteiger partial charge in [-0.2, -0.15) is 13.2 Å². The summed E-state index contributed by atoms with van der Waals surface area (Å²) in [7, 11) is 0. The highest BCUT2D eigenvalue weighted by Crippen LogP contribution is 2.23. The minimum atomic E-state index is -4.13. The first-order valence-corrected chi connectivity index (χ1v) is 6.51. The predicted molar refractivity (Wildman–Crippen MR) is 67.3 cm³/mol. The molecule has 1 aromatic carbocycles. The summed E-state index contributed by atoms with van der Waals surface area (Å²) in [5, 5.41) is 0. The molecule has 0 aromatic heterocycles. The number of aryl methyl sites for hydroxylation is 1. The fourth-order valence-electron chi connectivity index (χ4n) is 2.32. The summed E-state index contributed by atoms with van der Waals surface area (Å²) >= 11 is 0. The lowest BCUT2D eigenvalue weighted by Gasteiger charge is -2.18. The molecule has 106 valence electrons. The highest BCUT2D eigenvalue weighted by Gasteiger charge is 2.34. The second kappa shape index (κ2) is 5.82. The number of ether oxygens (including phenoxy) is 1. The molecule has 0 bridgehead atoms. The van der Waals surface area contributed by atoms with Gasteiger partial charge in [-0.05, 0) is 30.5 Å². The molecule has 1 saturated heterocycles. The van der Waals surface area contributed by atoms with Gasteiger partial charge in [0, 0.05) is 13.1 Å². The maximum Gasteiger partial charge on any atom is 0.401 e. The number of rotatable bonds is 4. The number of alkyl halides is 3. The van der Waals surface area contributed by atoms with Crippen molar-refractivity contribution in [3.8, 4) is 5.75 Å². The van der Waals surface area contributed by atoms with Gasteiger partial charge in [0.1, 0.15) is 11.9 Å². The third kappa shape index (κ3) is 4.42. The summed E-state index contributed by atoms with van der Waals surface area (Å²) in [6.07, 6.45) is -2.71. The van der Waals surface area contributed by atoms with E-state index < -0.39 is 12.7 Å². The number of benzene rings is 1. The van der Waals surface area contributed by atoms with E-state index in [0.29, 0.717) is 19.5 Å². The summed E-state index contributed by atoms with van der Waals surface area (Å²) in [6, 6.07) is 7.73. The van der Waals surface area contributed by atoms with Crippen molar-refractivity contribution in [1.82, 2.24) is 4.90 Å². The molecule has 0 spiro atoms. The Labute approximate surface area is 111 Å². The van der Waals surface area contributed by atoms with E-state index in [1.54, 1.807) is 0 Å². The van der Waals surface area contributed by atoms with E-state index in [0.717, 1.165) is 12.2 Å². The fourth-order valence-corrected chi connectivity index (χ4v) is 2.32. The van der Waals surface area contributed by atoms with E-state index >= 15 is 0 Å². The maximum atomic E-state index is 12.3. The second-order valence-electron chi connectivity index (χ2n) is 4.88. The van der Waals surface area contributed by atoms with Crippen LogP contribution in [-0.4, -0.2) is 36.8 Å². The van der Waals surface area contributed by atoms with Crippen LogP contribution in [-0.2, 0) is 6.42 Å². The second-order valence-corrected chi connectivity index (χ2v) is 4.88. The molecule has 2 nitrogen and oxygen atoms in total. The topological polar surface area (TPSA) is 12.5 Å². The predicted octanol–water partition coefficient (Wildman–Crippen LogP) is 3.26. The lowest BCUT2D eigenvalue weighted by atomic mass is 10.1. The smallest absolute Gasteiger partial charge is 0.401 e. The van der Waals surface area contributed by atoms with Gasteiger partial charge in [-0.25, -0.2) is 0 Å². The average Bonchev–Trinajstić information content (AvgIpc) is 2.74. The van der Waals surface area contributed by atoms with E-state index in [1.165, 1.54) is 10.5 Å². The van der Waals surface area contributed by atoms with E-state index in [2.05, 4.69) is 6.92 Å². The zero-order valence-corrected chi connectivity index (χ0v) is 10.9. The van der Waals surface area contributed by atoms with Gasteiger partial charge in [0.15, 0.2) is 0 Å². The van der Waals surface area contributed by atoms with Crippen molar-refractivity contribution < 1.29 is 17.9 Å². The van der Waals surface area contributed by atoms with Gasteiger partial charge in [-0.1, -0.05) is 19.1 Å². The highest BCUT2D eigenvalue weighted by atomic mass is 19.4. The SMILES string of the molecule is CCc1cccc(OC2CCN(CC(F)(F)F)C2)c1. The van der Waals surface area contributed by atoms with Gasteiger partial charge in [-0.15, -0.1) is 0 Å². The molecule has 0 saturated carbocycles. The largest absolute Gasteiger partial charge is 0.489 e. The van der Waals surface area contributed by atoms with Crippen molar-refractivity contribution in [3.05, 3.63) is 29.8 Å². The van der Waals surface area contributed by atoms with Crippen LogP contribution in [0, 0.1) is 0 Å². The quantitative estimate of drug-likeness (QED) is 0.835. The van der Waals surface area contributed by atoms with Gasteiger partial charge >= 0.3 is 6.18 Å². The molecular formula is C14H18F3NO. The molecule has 1 heterocycles. The molecule has 19 heavy (non-hydrogen) atoms. The zero-order valence-electron chi connectivity index (χ0n) is 10.9. The van der Waals surface area contributed by atoms with Crippen molar-refractivity contribution in [2.45, 2.75) is 32.0 Å². The lowest BCUT2D eigenvalue weighted by Crippen LogP contribution is -2.33. The monoisotopic (exact) mass is 273 g/mol. The number of hydrogen-bond donors (Lipinski definition) is 0. The van der Waals surface area contributed by atoms with Crippen molar-refractivity contribution in [2.75, 3.05) is 19.6 Å². The van der Waals surface area contributed by atoms with Crippen LogP contribution in [0.4, 0.5) is 13.2 Å². The van der Waals surface area contributed by atoms with Crippen molar-refractivity contribution >= 4 is 0 Å². The van der Waals surface area contributed by atoms with Gasteiger partial charge < -0.3 is 4.74 Å². The van der Waals surface area contributed by atoms with Gasteiger partial charge in [-0.3, -0.25) is 4.90 Å². The molecule has 1 aliphatic rings. The average molecular weight is 273 g/mol. The van der Waals surface area contributed by atoms with Gasteiger partial charge in [0.25, 0.3) is 0 Å². The molecular weight excluding hydrogens is 255 g/mol. The molecule has 1 atom stereocenters. The number of hydrogen-bond acceptors (Lipinski definition) is 2. The number of likely N-dealkylation sites (tertiary alicyclic amines) is 1. The first kappa shape index (κ1) is 14.2. The molecule has 1 unspecified atom stereocenters. The Morgan fingerprint density at radius 3 is 2.84 bits per heavy atom. The van der Waals surface area contributed by atoms with Crippen LogP contribution in [0.15, 0.2) is 24.3 Å². The molecule has 5 heteroatoms. The molecule has 1 aliphatic heterocycles. The third-order valence-electron chi connectivity index (χ3n) is 3.24. The van der Waals surface area contributed by atoms with Crippen LogP contribution in [0.2, 0.25) is 0 Å². The van der Waals surface area contributed by atoms with Crippen molar-refractivity contribution in [3.63, 3.8) is 0 Å². The summed E-state index contributed by atoms with van der Waals surface area (Å²) in [5.74, 6) is 0.748. The number of nitrogens with zero attached hydrogens (tertiary/aromatic N) is 1. The van der Waals surface area contributed by atoms with Crippen LogP contribution < -0.4 is 4.74 Å². The fraction of sp³-hybridized carbons (Fsp3) is 0.571. The van der Waals surface area contributed by atoms with Crippen LogP contribution in [0.1, 0.15) is 18.9 Å². The van der Waals surface area contributed by atoms with E-state index in [1.807, 2.05) is 24.3 Å². The Bertz CT molecular complexity index is 419. The molecule has 0 aliphatic carbocycles.